The minimum Gasteiger partial charge on any atom is -0.504 e. The second kappa shape index (κ2) is 6.23. The standard InChI is InChI=1S/C11H13ClO4/c1-2-15-11(14)8-3-4-9(13)10(7-8)16-6-5-12/h3-4,7,13H,2,5-6H2,1H3. The van der Waals surface area contributed by atoms with Crippen molar-refractivity contribution in [2.45, 2.75) is 6.92 Å². The molecule has 88 valence electrons. The zero-order valence-corrected chi connectivity index (χ0v) is 9.66. The van der Waals surface area contributed by atoms with Gasteiger partial charge in [0.05, 0.1) is 18.1 Å². The fourth-order valence-electron chi connectivity index (χ4n) is 1.12. The number of aromatic hydroxyl groups is 1. The molecular formula is C11H13ClO4. The highest BCUT2D eigenvalue weighted by Gasteiger charge is 2.10. The number of halogens is 1. The van der Waals surface area contributed by atoms with Crippen molar-refractivity contribution < 1.29 is 19.4 Å². The summed E-state index contributed by atoms with van der Waals surface area (Å²) in [5.41, 5.74) is 0.337. The molecule has 0 aliphatic heterocycles. The monoisotopic (exact) mass is 244 g/mol. The molecule has 0 aliphatic rings. The van der Waals surface area contributed by atoms with Crippen LogP contribution in [0.25, 0.3) is 0 Å². The zero-order chi connectivity index (χ0) is 12.0. The van der Waals surface area contributed by atoms with Crippen LogP contribution in [0.1, 0.15) is 17.3 Å². The topological polar surface area (TPSA) is 55.8 Å². The minimum absolute atomic E-state index is 0.0295. The van der Waals surface area contributed by atoms with E-state index in [1.165, 1.54) is 18.2 Å². The summed E-state index contributed by atoms with van der Waals surface area (Å²) in [5.74, 6) is 0.0610. The number of hydrogen-bond acceptors (Lipinski definition) is 4. The molecule has 0 unspecified atom stereocenters. The normalized spacial score (nSPS) is 9.88. The number of alkyl halides is 1. The second-order valence-electron chi connectivity index (χ2n) is 2.94. The lowest BCUT2D eigenvalue weighted by Crippen LogP contribution is -2.05. The summed E-state index contributed by atoms with van der Waals surface area (Å²) >= 11 is 5.46. The molecule has 1 aromatic carbocycles. The van der Waals surface area contributed by atoms with Gasteiger partial charge in [-0.05, 0) is 25.1 Å². The largest absolute Gasteiger partial charge is 0.504 e. The zero-order valence-electron chi connectivity index (χ0n) is 8.90. The smallest absolute Gasteiger partial charge is 0.338 e. The SMILES string of the molecule is CCOC(=O)c1ccc(O)c(OCCCl)c1. The van der Waals surface area contributed by atoms with Crippen LogP contribution in [0, 0.1) is 0 Å². The molecule has 4 nitrogen and oxygen atoms in total. The van der Waals surface area contributed by atoms with E-state index in [0.29, 0.717) is 18.1 Å². The molecule has 16 heavy (non-hydrogen) atoms. The maximum absolute atomic E-state index is 11.4. The van der Waals surface area contributed by atoms with Crippen LogP contribution in [-0.4, -0.2) is 30.2 Å². The van der Waals surface area contributed by atoms with Crippen molar-refractivity contribution >= 4 is 17.6 Å². The fourth-order valence-corrected chi connectivity index (χ4v) is 1.20. The van der Waals surface area contributed by atoms with Crippen molar-refractivity contribution in [3.63, 3.8) is 0 Å². The van der Waals surface area contributed by atoms with E-state index in [4.69, 9.17) is 21.1 Å². The summed E-state index contributed by atoms with van der Waals surface area (Å²) < 4.78 is 9.99. The van der Waals surface area contributed by atoms with Crippen LogP contribution in [-0.2, 0) is 4.74 Å². The van der Waals surface area contributed by atoms with Gasteiger partial charge >= 0.3 is 5.97 Å². The molecule has 1 aromatic rings. The minimum atomic E-state index is -0.446. The van der Waals surface area contributed by atoms with Crippen molar-refractivity contribution in [1.82, 2.24) is 0 Å². The van der Waals surface area contributed by atoms with E-state index in [-0.39, 0.29) is 18.1 Å². The van der Waals surface area contributed by atoms with Gasteiger partial charge in [0.2, 0.25) is 0 Å². The van der Waals surface area contributed by atoms with Gasteiger partial charge in [0.1, 0.15) is 6.61 Å². The third-order valence-electron chi connectivity index (χ3n) is 1.81. The summed E-state index contributed by atoms with van der Waals surface area (Å²) in [6.07, 6.45) is 0. The molecule has 5 heteroatoms. The number of esters is 1. The van der Waals surface area contributed by atoms with Crippen molar-refractivity contribution in [3.05, 3.63) is 23.8 Å². The van der Waals surface area contributed by atoms with Gasteiger partial charge in [-0.25, -0.2) is 4.79 Å². The van der Waals surface area contributed by atoms with Crippen LogP contribution >= 0.6 is 11.6 Å². The van der Waals surface area contributed by atoms with Gasteiger partial charge in [0.25, 0.3) is 0 Å². The number of phenols is 1. The Hall–Kier alpha value is -1.42. The van der Waals surface area contributed by atoms with Crippen LogP contribution in [0.5, 0.6) is 11.5 Å². The van der Waals surface area contributed by atoms with Crippen LogP contribution < -0.4 is 4.74 Å². The third kappa shape index (κ3) is 3.31. The van der Waals surface area contributed by atoms with Crippen molar-refractivity contribution in [3.8, 4) is 11.5 Å². The second-order valence-corrected chi connectivity index (χ2v) is 3.32. The van der Waals surface area contributed by atoms with Crippen LogP contribution in [0.15, 0.2) is 18.2 Å². The molecule has 0 heterocycles. The average Bonchev–Trinajstić information content (AvgIpc) is 2.28. The summed E-state index contributed by atoms with van der Waals surface area (Å²) in [5, 5.41) is 9.45. The lowest BCUT2D eigenvalue weighted by Gasteiger charge is -2.08. The lowest BCUT2D eigenvalue weighted by molar-refractivity contribution is 0.0526. The first-order valence-electron chi connectivity index (χ1n) is 4.88. The molecule has 0 spiro atoms. The van der Waals surface area contributed by atoms with E-state index in [2.05, 4.69) is 0 Å². The molecular weight excluding hydrogens is 232 g/mol. The number of carbonyl (C=O) groups is 1. The van der Waals surface area contributed by atoms with E-state index in [0.717, 1.165) is 0 Å². The number of ether oxygens (including phenoxy) is 2. The van der Waals surface area contributed by atoms with Gasteiger partial charge in [-0.15, -0.1) is 11.6 Å². The Kier molecular flexibility index (Phi) is 4.92. The van der Waals surface area contributed by atoms with Crippen LogP contribution in [0.4, 0.5) is 0 Å². The summed E-state index contributed by atoms with van der Waals surface area (Å²) in [4.78, 5) is 11.4. The Labute approximate surface area is 98.7 Å². The first kappa shape index (κ1) is 12.6. The van der Waals surface area contributed by atoms with Gasteiger partial charge in [0.15, 0.2) is 11.5 Å². The Morgan fingerprint density at radius 2 is 2.25 bits per heavy atom. The molecule has 0 saturated heterocycles. The van der Waals surface area contributed by atoms with Crippen LogP contribution in [0.3, 0.4) is 0 Å². The van der Waals surface area contributed by atoms with E-state index in [1.54, 1.807) is 6.92 Å². The molecule has 0 amide bonds. The van der Waals surface area contributed by atoms with Crippen molar-refractivity contribution in [2.24, 2.45) is 0 Å². The van der Waals surface area contributed by atoms with Gasteiger partial charge < -0.3 is 14.6 Å². The van der Waals surface area contributed by atoms with Gasteiger partial charge in [-0.1, -0.05) is 0 Å². The third-order valence-corrected chi connectivity index (χ3v) is 1.96. The molecule has 1 rings (SSSR count). The summed E-state index contributed by atoms with van der Waals surface area (Å²) in [7, 11) is 0. The Morgan fingerprint density at radius 1 is 1.50 bits per heavy atom. The Balaban J connectivity index is 2.84. The highest BCUT2D eigenvalue weighted by atomic mass is 35.5. The van der Waals surface area contributed by atoms with Gasteiger partial charge in [0, 0.05) is 0 Å². The van der Waals surface area contributed by atoms with E-state index < -0.39 is 5.97 Å². The predicted molar refractivity (Wildman–Crippen MR) is 60.3 cm³/mol. The molecule has 0 atom stereocenters. The van der Waals surface area contributed by atoms with E-state index in [9.17, 15) is 9.90 Å². The Morgan fingerprint density at radius 3 is 2.88 bits per heavy atom. The number of rotatable bonds is 5. The summed E-state index contributed by atoms with van der Waals surface area (Å²) in [6, 6.07) is 4.29. The average molecular weight is 245 g/mol. The Bertz CT molecular complexity index is 365. The molecule has 0 bridgehead atoms. The highest BCUT2D eigenvalue weighted by molar-refractivity contribution is 6.18. The van der Waals surface area contributed by atoms with Gasteiger partial charge in [-0.3, -0.25) is 0 Å². The molecule has 0 saturated carbocycles. The number of benzene rings is 1. The van der Waals surface area contributed by atoms with Crippen molar-refractivity contribution in [1.29, 1.82) is 0 Å². The quantitative estimate of drug-likeness (QED) is 0.637. The fraction of sp³-hybridized carbons (Fsp3) is 0.364. The molecule has 0 aliphatic carbocycles. The van der Waals surface area contributed by atoms with E-state index >= 15 is 0 Å². The van der Waals surface area contributed by atoms with Crippen molar-refractivity contribution in [2.75, 3.05) is 19.1 Å². The number of phenolic OH excluding ortho intramolecular Hbond substituents is 1. The predicted octanol–water partition coefficient (Wildman–Crippen LogP) is 2.19. The number of carbonyl (C=O) groups excluding carboxylic acids is 1. The van der Waals surface area contributed by atoms with E-state index in [1.807, 2.05) is 0 Å². The summed E-state index contributed by atoms with van der Waals surface area (Å²) in [6.45, 7) is 2.29. The maximum Gasteiger partial charge on any atom is 0.338 e. The highest BCUT2D eigenvalue weighted by Crippen LogP contribution is 2.27. The first-order chi connectivity index (χ1) is 7.69. The molecule has 0 radical (unpaired) electrons. The first-order valence-corrected chi connectivity index (χ1v) is 5.41. The molecule has 0 aromatic heterocycles. The molecule has 1 N–H and O–H groups in total. The van der Waals surface area contributed by atoms with Gasteiger partial charge in [-0.2, -0.15) is 0 Å². The maximum atomic E-state index is 11.4. The number of hydrogen-bond donors (Lipinski definition) is 1. The molecule has 0 fully saturated rings. The lowest BCUT2D eigenvalue weighted by atomic mass is 10.2. The van der Waals surface area contributed by atoms with Crippen LogP contribution in [0.2, 0.25) is 0 Å².